The molecular weight excluding hydrogens is 238 g/mol. The predicted octanol–water partition coefficient (Wildman–Crippen LogP) is 1.08. The van der Waals surface area contributed by atoms with Crippen molar-refractivity contribution < 1.29 is 10.2 Å². The average Bonchev–Trinajstić information content (AvgIpc) is 2.35. The first kappa shape index (κ1) is 12.8. The Hall–Kier alpha value is -0.610. The lowest BCUT2D eigenvalue weighted by Crippen LogP contribution is -2.52. The monoisotopic (exact) mass is 255 g/mol. The molecule has 4 heteroatoms. The van der Waals surface area contributed by atoms with Gasteiger partial charge in [-0.05, 0) is 5.56 Å². The predicted molar refractivity (Wildman–Crippen MR) is 67.9 cm³/mol. The summed E-state index contributed by atoms with van der Waals surface area (Å²) >= 11 is 5.81. The van der Waals surface area contributed by atoms with Crippen LogP contribution in [0.3, 0.4) is 0 Å². The zero-order valence-electron chi connectivity index (χ0n) is 9.67. The zero-order chi connectivity index (χ0) is 12.3. The van der Waals surface area contributed by atoms with Gasteiger partial charge in [0.05, 0.1) is 12.2 Å². The molecule has 0 amide bonds. The van der Waals surface area contributed by atoms with E-state index in [2.05, 4.69) is 17.0 Å². The minimum absolute atomic E-state index is 0.0517. The van der Waals surface area contributed by atoms with Gasteiger partial charge in [0, 0.05) is 31.4 Å². The molecule has 0 aliphatic carbocycles. The molecule has 17 heavy (non-hydrogen) atoms. The van der Waals surface area contributed by atoms with Crippen molar-refractivity contribution in [3.63, 3.8) is 0 Å². The second kappa shape index (κ2) is 5.83. The van der Waals surface area contributed by atoms with Gasteiger partial charge in [-0.2, -0.15) is 0 Å². The minimum Gasteiger partial charge on any atom is -0.390 e. The summed E-state index contributed by atoms with van der Waals surface area (Å²) in [5.74, 6) is 0.327. The molecule has 0 aromatic heterocycles. The number of aliphatic hydroxyl groups is 2. The smallest absolute Gasteiger partial charge is 0.0929 e. The lowest BCUT2D eigenvalue weighted by molar-refractivity contribution is -0.0698. The van der Waals surface area contributed by atoms with Crippen LogP contribution in [0.5, 0.6) is 0 Å². The second-order valence-corrected chi connectivity index (χ2v) is 4.96. The van der Waals surface area contributed by atoms with Gasteiger partial charge in [0.1, 0.15) is 0 Å². The summed E-state index contributed by atoms with van der Waals surface area (Å²) < 4.78 is 0. The molecule has 1 aromatic carbocycles. The lowest BCUT2D eigenvalue weighted by atomic mass is 9.94. The number of halogens is 1. The molecule has 1 fully saturated rings. The van der Waals surface area contributed by atoms with Crippen molar-refractivity contribution in [1.82, 2.24) is 4.90 Å². The highest BCUT2D eigenvalue weighted by atomic mass is 35.5. The summed E-state index contributed by atoms with van der Waals surface area (Å²) in [5, 5.41) is 19.5. The molecule has 0 bridgehead atoms. The topological polar surface area (TPSA) is 43.7 Å². The summed E-state index contributed by atoms with van der Waals surface area (Å²) in [5.41, 5.74) is 1.21. The van der Waals surface area contributed by atoms with Gasteiger partial charge in [-0.15, -0.1) is 11.6 Å². The van der Waals surface area contributed by atoms with Crippen LogP contribution in [-0.2, 0) is 6.54 Å². The summed E-state index contributed by atoms with van der Waals surface area (Å²) in [6, 6.07) is 10.1. The third-order valence-corrected chi connectivity index (χ3v) is 3.66. The van der Waals surface area contributed by atoms with Gasteiger partial charge in [-0.3, -0.25) is 4.90 Å². The van der Waals surface area contributed by atoms with E-state index >= 15 is 0 Å². The number of piperidine rings is 1. The van der Waals surface area contributed by atoms with Crippen LogP contribution >= 0.6 is 11.6 Å². The molecule has 94 valence electrons. The number of β-amino-alcohol motifs (C(OH)–C–C–N with tert-alkyl or cyclic N) is 1. The van der Waals surface area contributed by atoms with Crippen LogP contribution in [0.15, 0.2) is 30.3 Å². The number of aliphatic hydroxyl groups excluding tert-OH is 2. The fourth-order valence-electron chi connectivity index (χ4n) is 2.31. The normalized spacial score (nSPS) is 30.4. The maximum atomic E-state index is 9.78. The van der Waals surface area contributed by atoms with Crippen molar-refractivity contribution in [3.05, 3.63) is 35.9 Å². The SMILES string of the molecule is OC1CN(Cc2ccccc2)CC(CCl)C1O. The highest BCUT2D eigenvalue weighted by Gasteiger charge is 2.33. The molecule has 2 N–H and O–H groups in total. The van der Waals surface area contributed by atoms with Gasteiger partial charge in [0.25, 0.3) is 0 Å². The molecule has 0 spiro atoms. The quantitative estimate of drug-likeness (QED) is 0.795. The van der Waals surface area contributed by atoms with Crippen molar-refractivity contribution in [2.45, 2.75) is 18.8 Å². The minimum atomic E-state index is -0.698. The molecular formula is C13H18ClNO2. The van der Waals surface area contributed by atoms with Gasteiger partial charge in [-0.25, -0.2) is 0 Å². The summed E-state index contributed by atoms with van der Waals surface area (Å²) in [6.45, 7) is 2.03. The molecule has 0 radical (unpaired) electrons. The largest absolute Gasteiger partial charge is 0.390 e. The Balaban J connectivity index is 1.98. The van der Waals surface area contributed by atoms with Gasteiger partial charge >= 0.3 is 0 Å². The van der Waals surface area contributed by atoms with Crippen molar-refractivity contribution in [2.75, 3.05) is 19.0 Å². The Bertz CT molecular complexity index is 347. The van der Waals surface area contributed by atoms with Gasteiger partial charge < -0.3 is 10.2 Å². The number of nitrogens with zero attached hydrogens (tertiary/aromatic N) is 1. The van der Waals surface area contributed by atoms with E-state index in [1.807, 2.05) is 18.2 Å². The highest BCUT2D eigenvalue weighted by molar-refractivity contribution is 6.18. The number of hydrogen-bond acceptors (Lipinski definition) is 3. The van der Waals surface area contributed by atoms with Crippen LogP contribution in [0.1, 0.15) is 5.56 Å². The van der Waals surface area contributed by atoms with Crippen LogP contribution in [0, 0.1) is 5.92 Å². The van der Waals surface area contributed by atoms with Crippen LogP contribution in [0.25, 0.3) is 0 Å². The first-order chi connectivity index (χ1) is 8.20. The van der Waals surface area contributed by atoms with E-state index in [9.17, 15) is 10.2 Å². The fourth-order valence-corrected chi connectivity index (χ4v) is 2.59. The number of likely N-dealkylation sites (tertiary alicyclic amines) is 1. The van der Waals surface area contributed by atoms with E-state index in [4.69, 9.17) is 11.6 Å². The third kappa shape index (κ3) is 3.19. The molecule has 3 atom stereocenters. The van der Waals surface area contributed by atoms with Crippen molar-refractivity contribution >= 4 is 11.6 Å². The molecule has 0 saturated carbocycles. The van der Waals surface area contributed by atoms with Crippen LogP contribution in [-0.4, -0.2) is 46.3 Å². The lowest BCUT2D eigenvalue weighted by Gasteiger charge is -2.38. The van der Waals surface area contributed by atoms with Gasteiger partial charge in [0.15, 0.2) is 0 Å². The molecule has 1 aliphatic rings. The van der Waals surface area contributed by atoms with Gasteiger partial charge in [0.2, 0.25) is 0 Å². The molecule has 1 heterocycles. The van der Waals surface area contributed by atoms with Crippen LogP contribution < -0.4 is 0 Å². The fraction of sp³-hybridized carbons (Fsp3) is 0.538. The van der Waals surface area contributed by atoms with E-state index in [0.29, 0.717) is 12.4 Å². The summed E-state index contributed by atoms with van der Waals surface area (Å²) in [7, 11) is 0. The molecule has 3 unspecified atom stereocenters. The first-order valence-corrected chi connectivity index (χ1v) is 6.42. The van der Waals surface area contributed by atoms with E-state index in [0.717, 1.165) is 13.1 Å². The summed E-state index contributed by atoms with van der Waals surface area (Å²) in [6.07, 6.45) is -1.39. The summed E-state index contributed by atoms with van der Waals surface area (Å²) in [4.78, 5) is 2.14. The van der Waals surface area contributed by atoms with Crippen molar-refractivity contribution in [2.24, 2.45) is 5.92 Å². The Morgan fingerprint density at radius 3 is 2.53 bits per heavy atom. The van der Waals surface area contributed by atoms with E-state index in [-0.39, 0.29) is 5.92 Å². The number of alkyl halides is 1. The Labute approximate surface area is 107 Å². The van der Waals surface area contributed by atoms with E-state index in [1.165, 1.54) is 5.56 Å². The van der Waals surface area contributed by atoms with Crippen LogP contribution in [0.2, 0.25) is 0 Å². The zero-order valence-corrected chi connectivity index (χ0v) is 10.4. The Morgan fingerprint density at radius 2 is 1.88 bits per heavy atom. The van der Waals surface area contributed by atoms with Crippen molar-refractivity contribution in [3.8, 4) is 0 Å². The molecule has 3 nitrogen and oxygen atoms in total. The average molecular weight is 256 g/mol. The molecule has 1 aromatic rings. The van der Waals surface area contributed by atoms with E-state index < -0.39 is 12.2 Å². The Morgan fingerprint density at radius 1 is 1.18 bits per heavy atom. The Kier molecular flexibility index (Phi) is 4.40. The van der Waals surface area contributed by atoms with E-state index in [1.54, 1.807) is 0 Å². The highest BCUT2D eigenvalue weighted by Crippen LogP contribution is 2.20. The molecule has 1 saturated heterocycles. The number of benzene rings is 1. The number of hydrogen-bond donors (Lipinski definition) is 2. The maximum Gasteiger partial charge on any atom is 0.0929 e. The third-order valence-electron chi connectivity index (χ3n) is 3.26. The number of rotatable bonds is 3. The maximum absolute atomic E-state index is 9.78. The second-order valence-electron chi connectivity index (χ2n) is 4.65. The van der Waals surface area contributed by atoms with Crippen molar-refractivity contribution in [1.29, 1.82) is 0 Å². The molecule has 2 rings (SSSR count). The molecule has 1 aliphatic heterocycles. The van der Waals surface area contributed by atoms with Gasteiger partial charge in [-0.1, -0.05) is 30.3 Å². The first-order valence-electron chi connectivity index (χ1n) is 5.89. The standard InChI is InChI=1S/C13H18ClNO2/c14-6-11-8-15(9-12(16)13(11)17)7-10-4-2-1-3-5-10/h1-5,11-13,16-17H,6-9H2. The van der Waals surface area contributed by atoms with Crippen LogP contribution in [0.4, 0.5) is 0 Å².